The van der Waals surface area contributed by atoms with Crippen LogP contribution < -0.4 is 10.9 Å². The molecule has 0 saturated carbocycles. The first kappa shape index (κ1) is 12.7. The molecule has 0 radical (unpaired) electrons. The van der Waals surface area contributed by atoms with E-state index in [-0.39, 0.29) is 24.1 Å². The minimum Gasteiger partial charge on any atom is -0.348 e. The average Bonchev–Trinajstić information content (AvgIpc) is 2.85. The predicted octanol–water partition coefficient (Wildman–Crippen LogP) is 1.65. The van der Waals surface area contributed by atoms with Crippen molar-refractivity contribution in [1.29, 1.82) is 0 Å². The molecule has 102 valence electrons. The normalized spacial score (nSPS) is 16.7. The third kappa shape index (κ3) is 2.50. The van der Waals surface area contributed by atoms with Crippen LogP contribution in [0.2, 0.25) is 0 Å². The summed E-state index contributed by atoms with van der Waals surface area (Å²) in [6, 6.07) is 13.1. The van der Waals surface area contributed by atoms with E-state index in [1.54, 1.807) is 18.3 Å². The fourth-order valence-electron chi connectivity index (χ4n) is 2.69. The lowest BCUT2D eigenvalue weighted by molar-refractivity contribution is -0.122. The first-order valence-electron chi connectivity index (χ1n) is 6.77. The van der Waals surface area contributed by atoms with Crippen LogP contribution in [0.1, 0.15) is 23.6 Å². The Bertz CT molecular complexity index is 691. The zero-order chi connectivity index (χ0) is 13.9. The monoisotopic (exact) mass is 268 g/mol. The minimum absolute atomic E-state index is 0.0677. The highest BCUT2D eigenvalue weighted by Gasteiger charge is 2.23. The van der Waals surface area contributed by atoms with Gasteiger partial charge in [-0.2, -0.15) is 0 Å². The zero-order valence-electron chi connectivity index (χ0n) is 11.1. The number of hydrogen-bond donors (Lipinski definition) is 1. The summed E-state index contributed by atoms with van der Waals surface area (Å²) in [7, 11) is 0. The number of fused-ring (bicyclic) bond motifs is 1. The maximum atomic E-state index is 12.1. The third-order valence-electron chi connectivity index (χ3n) is 3.68. The van der Waals surface area contributed by atoms with Crippen molar-refractivity contribution in [2.75, 3.05) is 0 Å². The van der Waals surface area contributed by atoms with E-state index in [2.05, 4.69) is 17.4 Å². The van der Waals surface area contributed by atoms with Crippen LogP contribution in [0.4, 0.5) is 0 Å². The lowest BCUT2D eigenvalue weighted by Gasteiger charge is -2.14. The minimum atomic E-state index is -0.158. The maximum absolute atomic E-state index is 12.1. The summed E-state index contributed by atoms with van der Waals surface area (Å²) in [5, 5.41) is 3.01. The van der Waals surface area contributed by atoms with Gasteiger partial charge in [-0.05, 0) is 30.0 Å². The van der Waals surface area contributed by atoms with Crippen LogP contribution >= 0.6 is 0 Å². The maximum Gasteiger partial charge on any atom is 0.250 e. The summed E-state index contributed by atoms with van der Waals surface area (Å²) < 4.78 is 1.41. The molecule has 0 saturated heterocycles. The molecule has 1 unspecified atom stereocenters. The van der Waals surface area contributed by atoms with Crippen molar-refractivity contribution in [3.8, 4) is 0 Å². The van der Waals surface area contributed by atoms with Crippen LogP contribution in [0.15, 0.2) is 53.5 Å². The number of aromatic nitrogens is 1. The molecular weight excluding hydrogens is 252 g/mol. The molecule has 4 heteroatoms. The molecule has 1 aliphatic rings. The standard InChI is InChI=1S/C16H16N2O2/c19-15(11-18-10-4-3-7-16(18)20)17-14-9-8-12-5-1-2-6-13(12)14/h1-7,10,14H,8-9,11H2,(H,17,19). The van der Waals surface area contributed by atoms with Gasteiger partial charge in [0.05, 0.1) is 6.04 Å². The van der Waals surface area contributed by atoms with Crippen molar-refractivity contribution in [2.45, 2.75) is 25.4 Å². The van der Waals surface area contributed by atoms with Gasteiger partial charge in [0.25, 0.3) is 5.56 Å². The second-order valence-corrected chi connectivity index (χ2v) is 5.02. The van der Waals surface area contributed by atoms with Crippen molar-refractivity contribution < 1.29 is 4.79 Å². The molecule has 1 aromatic carbocycles. The van der Waals surface area contributed by atoms with E-state index in [1.807, 2.05) is 12.1 Å². The van der Waals surface area contributed by atoms with Crippen molar-refractivity contribution in [2.24, 2.45) is 0 Å². The topological polar surface area (TPSA) is 51.1 Å². The highest BCUT2D eigenvalue weighted by Crippen LogP contribution is 2.30. The number of rotatable bonds is 3. The quantitative estimate of drug-likeness (QED) is 0.920. The highest BCUT2D eigenvalue weighted by molar-refractivity contribution is 5.76. The van der Waals surface area contributed by atoms with E-state index in [4.69, 9.17) is 0 Å². The number of benzene rings is 1. The number of amides is 1. The van der Waals surface area contributed by atoms with Crippen LogP contribution in [0, 0.1) is 0 Å². The Hall–Kier alpha value is -2.36. The number of pyridine rings is 1. The first-order chi connectivity index (χ1) is 9.74. The molecule has 2 aromatic rings. The number of hydrogen-bond acceptors (Lipinski definition) is 2. The molecule has 1 aromatic heterocycles. The van der Waals surface area contributed by atoms with Crippen LogP contribution in [-0.2, 0) is 17.8 Å². The number of aryl methyl sites for hydroxylation is 1. The van der Waals surface area contributed by atoms with Crippen molar-refractivity contribution in [1.82, 2.24) is 9.88 Å². The summed E-state index contributed by atoms with van der Waals surface area (Å²) in [5.74, 6) is -0.125. The molecule has 1 atom stereocenters. The summed E-state index contributed by atoms with van der Waals surface area (Å²) in [5.41, 5.74) is 2.34. The molecule has 0 bridgehead atoms. The highest BCUT2D eigenvalue weighted by atomic mass is 16.2. The Kier molecular flexibility index (Phi) is 3.37. The van der Waals surface area contributed by atoms with Crippen molar-refractivity contribution in [3.05, 3.63) is 70.1 Å². The van der Waals surface area contributed by atoms with Crippen LogP contribution in [0.3, 0.4) is 0 Å². The fraction of sp³-hybridized carbons (Fsp3) is 0.250. The average molecular weight is 268 g/mol. The van der Waals surface area contributed by atoms with E-state index >= 15 is 0 Å². The summed E-state index contributed by atoms with van der Waals surface area (Å²) >= 11 is 0. The Morgan fingerprint density at radius 1 is 1.20 bits per heavy atom. The van der Waals surface area contributed by atoms with Gasteiger partial charge in [-0.15, -0.1) is 0 Å². The van der Waals surface area contributed by atoms with Crippen LogP contribution in [0.5, 0.6) is 0 Å². The molecule has 1 N–H and O–H groups in total. The van der Waals surface area contributed by atoms with E-state index in [1.165, 1.54) is 21.8 Å². The first-order valence-corrected chi connectivity index (χ1v) is 6.77. The molecule has 0 fully saturated rings. The summed E-state index contributed by atoms with van der Waals surface area (Å²) in [4.78, 5) is 23.6. The molecule has 1 amide bonds. The second-order valence-electron chi connectivity index (χ2n) is 5.02. The third-order valence-corrected chi connectivity index (χ3v) is 3.68. The molecule has 1 heterocycles. The molecular formula is C16H16N2O2. The molecule has 1 aliphatic carbocycles. The van der Waals surface area contributed by atoms with Gasteiger partial charge in [0, 0.05) is 12.3 Å². The van der Waals surface area contributed by atoms with Gasteiger partial charge < -0.3 is 9.88 Å². The fourth-order valence-corrected chi connectivity index (χ4v) is 2.69. The summed E-state index contributed by atoms with van der Waals surface area (Å²) in [6.07, 6.45) is 3.55. The number of carbonyl (C=O) groups is 1. The Balaban J connectivity index is 1.69. The number of nitrogens with one attached hydrogen (secondary N) is 1. The predicted molar refractivity (Wildman–Crippen MR) is 76.3 cm³/mol. The van der Waals surface area contributed by atoms with E-state index < -0.39 is 0 Å². The van der Waals surface area contributed by atoms with E-state index in [9.17, 15) is 9.59 Å². The molecule has 0 aliphatic heterocycles. The van der Waals surface area contributed by atoms with Crippen LogP contribution in [0.25, 0.3) is 0 Å². The summed E-state index contributed by atoms with van der Waals surface area (Å²) in [6.45, 7) is 0.0678. The SMILES string of the molecule is O=C(Cn1ccccc1=O)NC1CCc2ccccc21. The zero-order valence-corrected chi connectivity index (χ0v) is 11.1. The number of nitrogens with zero attached hydrogens (tertiary/aromatic N) is 1. The van der Waals surface area contributed by atoms with Gasteiger partial charge in [0.2, 0.25) is 5.91 Å². The van der Waals surface area contributed by atoms with Gasteiger partial charge in [-0.25, -0.2) is 0 Å². The van der Waals surface area contributed by atoms with Gasteiger partial charge in [0.15, 0.2) is 0 Å². The smallest absolute Gasteiger partial charge is 0.250 e. The molecule has 3 rings (SSSR count). The molecule has 0 spiro atoms. The Morgan fingerprint density at radius 2 is 2.00 bits per heavy atom. The van der Waals surface area contributed by atoms with Crippen LogP contribution in [-0.4, -0.2) is 10.5 Å². The Morgan fingerprint density at radius 3 is 2.85 bits per heavy atom. The Labute approximate surface area is 117 Å². The second kappa shape index (κ2) is 5.33. The van der Waals surface area contributed by atoms with E-state index in [0.717, 1.165) is 12.8 Å². The largest absolute Gasteiger partial charge is 0.348 e. The van der Waals surface area contributed by atoms with Gasteiger partial charge in [0.1, 0.15) is 6.54 Å². The van der Waals surface area contributed by atoms with Crippen molar-refractivity contribution in [3.63, 3.8) is 0 Å². The van der Waals surface area contributed by atoms with Gasteiger partial charge in [-0.3, -0.25) is 9.59 Å². The van der Waals surface area contributed by atoms with Gasteiger partial charge in [-0.1, -0.05) is 30.3 Å². The number of carbonyl (C=O) groups excluding carboxylic acids is 1. The molecule has 20 heavy (non-hydrogen) atoms. The lowest BCUT2D eigenvalue weighted by atomic mass is 10.1. The van der Waals surface area contributed by atoms with E-state index in [0.29, 0.717) is 0 Å². The van der Waals surface area contributed by atoms with Gasteiger partial charge >= 0.3 is 0 Å². The lowest BCUT2D eigenvalue weighted by Crippen LogP contribution is -2.33. The van der Waals surface area contributed by atoms with Crippen molar-refractivity contribution >= 4 is 5.91 Å². The molecule has 4 nitrogen and oxygen atoms in total.